The van der Waals surface area contributed by atoms with E-state index in [4.69, 9.17) is 4.74 Å². The molecule has 0 atom stereocenters. The van der Waals surface area contributed by atoms with Gasteiger partial charge in [-0.1, -0.05) is 19.4 Å². The van der Waals surface area contributed by atoms with Gasteiger partial charge in [0.2, 0.25) is 0 Å². The smallest absolute Gasteiger partial charge is 0.387 e. The molecule has 0 fully saturated rings. The number of rotatable bonds is 11. The first-order chi connectivity index (χ1) is 15.8. The lowest BCUT2D eigenvalue weighted by Crippen LogP contribution is -2.31. The summed E-state index contributed by atoms with van der Waals surface area (Å²) in [5, 5.41) is 0. The Bertz CT molecular complexity index is 1220. The Kier molecular flexibility index (Phi) is 7.85. The fraction of sp³-hybridized carbons (Fsp3) is 0.500. The molecule has 0 bridgehead atoms. The van der Waals surface area contributed by atoms with Gasteiger partial charge in [0.05, 0.1) is 13.7 Å². The van der Waals surface area contributed by atoms with Crippen LogP contribution in [-0.2, 0) is 26.2 Å². The Morgan fingerprint density at radius 2 is 1.91 bits per heavy atom. The van der Waals surface area contributed by atoms with E-state index in [0.29, 0.717) is 43.2 Å². The standard InChI is InChI=1S/C22H29F2N5O4/c1-5-7-10-29-19-18(20(30)26-22(29)31)28(6-2)17(25-19)13-27(3)12-14-8-9-15(33-21(23)24)16(11-14)32-4/h8-9,11,21H,5-7,10,12-13H2,1-4H3,(H,26,30,31). The van der Waals surface area contributed by atoms with Gasteiger partial charge < -0.3 is 14.0 Å². The van der Waals surface area contributed by atoms with Crippen molar-refractivity contribution in [3.8, 4) is 11.5 Å². The Balaban J connectivity index is 1.89. The molecule has 2 heterocycles. The Hall–Kier alpha value is -3.21. The molecule has 3 rings (SSSR count). The Morgan fingerprint density at radius 1 is 1.15 bits per heavy atom. The zero-order chi connectivity index (χ0) is 24.1. The first-order valence-electron chi connectivity index (χ1n) is 10.8. The molecule has 0 aliphatic heterocycles. The number of unbranched alkanes of at least 4 members (excludes halogenated alkanes) is 1. The number of nitrogens with one attached hydrogen (secondary N) is 1. The summed E-state index contributed by atoms with van der Waals surface area (Å²) in [5.41, 5.74) is 0.683. The van der Waals surface area contributed by atoms with Crippen LogP contribution in [0.3, 0.4) is 0 Å². The van der Waals surface area contributed by atoms with E-state index in [9.17, 15) is 18.4 Å². The van der Waals surface area contributed by atoms with Crippen molar-refractivity contribution in [2.45, 2.75) is 59.5 Å². The summed E-state index contributed by atoms with van der Waals surface area (Å²) < 4.78 is 38.1. The number of aromatic nitrogens is 4. The van der Waals surface area contributed by atoms with Crippen molar-refractivity contribution in [1.82, 2.24) is 24.0 Å². The van der Waals surface area contributed by atoms with Crippen molar-refractivity contribution >= 4 is 11.2 Å². The third-order valence-corrected chi connectivity index (χ3v) is 5.32. The molecule has 2 aromatic heterocycles. The topological polar surface area (TPSA) is 94.4 Å². The van der Waals surface area contributed by atoms with Crippen molar-refractivity contribution in [1.29, 1.82) is 0 Å². The molecule has 0 spiro atoms. The highest BCUT2D eigenvalue weighted by atomic mass is 19.3. The second kappa shape index (κ2) is 10.6. The van der Waals surface area contributed by atoms with Crippen molar-refractivity contribution in [3.05, 3.63) is 50.4 Å². The van der Waals surface area contributed by atoms with Crippen LogP contribution in [0.15, 0.2) is 27.8 Å². The van der Waals surface area contributed by atoms with Gasteiger partial charge in [-0.25, -0.2) is 9.78 Å². The zero-order valence-electron chi connectivity index (χ0n) is 19.2. The fourth-order valence-corrected chi connectivity index (χ4v) is 3.82. The van der Waals surface area contributed by atoms with Crippen LogP contribution in [0, 0.1) is 0 Å². The molecular formula is C22H29F2N5O4. The second-order valence-electron chi connectivity index (χ2n) is 7.74. The van der Waals surface area contributed by atoms with Crippen LogP contribution in [-0.4, -0.2) is 44.8 Å². The van der Waals surface area contributed by atoms with Gasteiger partial charge in [0.15, 0.2) is 22.7 Å². The average Bonchev–Trinajstić information content (AvgIpc) is 3.12. The maximum absolute atomic E-state index is 12.6. The number of benzene rings is 1. The minimum absolute atomic E-state index is 0.0315. The van der Waals surface area contributed by atoms with Crippen molar-refractivity contribution in [3.63, 3.8) is 0 Å². The molecule has 1 aromatic carbocycles. The molecule has 0 aliphatic rings. The molecule has 0 amide bonds. The van der Waals surface area contributed by atoms with E-state index in [-0.39, 0.29) is 11.5 Å². The van der Waals surface area contributed by atoms with Crippen LogP contribution in [0.4, 0.5) is 8.78 Å². The predicted octanol–water partition coefficient (Wildman–Crippen LogP) is 2.95. The van der Waals surface area contributed by atoms with Crippen molar-refractivity contribution < 1.29 is 18.3 Å². The van der Waals surface area contributed by atoms with Crippen LogP contribution in [0.25, 0.3) is 11.2 Å². The van der Waals surface area contributed by atoms with Gasteiger partial charge in [-0.15, -0.1) is 0 Å². The number of aromatic amines is 1. The van der Waals surface area contributed by atoms with Crippen LogP contribution < -0.4 is 20.7 Å². The molecule has 0 aliphatic carbocycles. The van der Waals surface area contributed by atoms with E-state index >= 15 is 0 Å². The number of hydrogen-bond acceptors (Lipinski definition) is 6. The Labute approximate surface area is 189 Å². The molecule has 0 saturated heterocycles. The highest BCUT2D eigenvalue weighted by molar-refractivity contribution is 5.71. The first kappa shape index (κ1) is 24.4. The van der Waals surface area contributed by atoms with Crippen LogP contribution in [0.5, 0.6) is 11.5 Å². The minimum atomic E-state index is -2.94. The van der Waals surface area contributed by atoms with Gasteiger partial charge in [-0.2, -0.15) is 8.78 Å². The maximum Gasteiger partial charge on any atom is 0.387 e. The number of nitrogens with zero attached hydrogens (tertiary/aromatic N) is 4. The molecule has 3 aromatic rings. The predicted molar refractivity (Wildman–Crippen MR) is 120 cm³/mol. The zero-order valence-corrected chi connectivity index (χ0v) is 19.2. The minimum Gasteiger partial charge on any atom is -0.493 e. The third kappa shape index (κ3) is 5.41. The SMILES string of the molecule is CCCCn1c(=O)[nH]c(=O)c2c1nc(CN(C)Cc1ccc(OC(F)F)c(OC)c1)n2CC. The molecule has 0 saturated carbocycles. The summed E-state index contributed by atoms with van der Waals surface area (Å²) in [4.78, 5) is 33.9. The number of methoxy groups -OCH3 is 1. The lowest BCUT2D eigenvalue weighted by molar-refractivity contribution is -0.0512. The number of fused-ring (bicyclic) bond motifs is 1. The average molecular weight is 466 g/mol. The van der Waals surface area contributed by atoms with Gasteiger partial charge in [-0.3, -0.25) is 19.2 Å². The molecule has 0 unspecified atom stereocenters. The van der Waals surface area contributed by atoms with E-state index in [1.54, 1.807) is 12.1 Å². The summed E-state index contributed by atoms with van der Waals surface area (Å²) >= 11 is 0. The Morgan fingerprint density at radius 3 is 2.55 bits per heavy atom. The van der Waals surface area contributed by atoms with E-state index in [2.05, 4.69) is 14.7 Å². The van der Waals surface area contributed by atoms with E-state index in [0.717, 1.165) is 18.4 Å². The summed E-state index contributed by atoms with van der Waals surface area (Å²) in [6, 6.07) is 4.78. The highest BCUT2D eigenvalue weighted by Crippen LogP contribution is 2.30. The quantitative estimate of drug-likeness (QED) is 0.468. The normalized spacial score (nSPS) is 11.6. The summed E-state index contributed by atoms with van der Waals surface area (Å²) in [5.74, 6) is 0.838. The molecule has 1 N–H and O–H groups in total. The van der Waals surface area contributed by atoms with Crippen molar-refractivity contribution in [2.75, 3.05) is 14.2 Å². The van der Waals surface area contributed by atoms with Crippen LogP contribution >= 0.6 is 0 Å². The fourth-order valence-electron chi connectivity index (χ4n) is 3.82. The van der Waals surface area contributed by atoms with Gasteiger partial charge in [0.1, 0.15) is 5.82 Å². The number of hydrogen-bond donors (Lipinski definition) is 1. The number of ether oxygens (including phenoxy) is 2. The van der Waals surface area contributed by atoms with E-state index in [1.165, 1.54) is 17.7 Å². The van der Waals surface area contributed by atoms with Gasteiger partial charge in [0, 0.05) is 19.6 Å². The number of halogens is 2. The molecule has 33 heavy (non-hydrogen) atoms. The van der Waals surface area contributed by atoms with Gasteiger partial charge in [-0.05, 0) is 38.1 Å². The van der Waals surface area contributed by atoms with E-state index in [1.807, 2.05) is 30.4 Å². The van der Waals surface area contributed by atoms with Crippen LogP contribution in [0.2, 0.25) is 0 Å². The van der Waals surface area contributed by atoms with E-state index < -0.39 is 17.9 Å². The van der Waals surface area contributed by atoms with Gasteiger partial charge in [0.25, 0.3) is 5.56 Å². The first-order valence-corrected chi connectivity index (χ1v) is 10.8. The number of imidazole rings is 1. The lowest BCUT2D eigenvalue weighted by atomic mass is 10.2. The van der Waals surface area contributed by atoms with Crippen LogP contribution in [0.1, 0.15) is 38.1 Å². The summed E-state index contributed by atoms with van der Waals surface area (Å²) in [6.07, 6.45) is 1.70. The number of alkyl halides is 2. The van der Waals surface area contributed by atoms with Gasteiger partial charge >= 0.3 is 12.3 Å². The van der Waals surface area contributed by atoms with Crippen molar-refractivity contribution in [2.24, 2.45) is 0 Å². The monoisotopic (exact) mass is 465 g/mol. The maximum atomic E-state index is 12.6. The molecule has 180 valence electrons. The summed E-state index contributed by atoms with van der Waals surface area (Å²) in [6.45, 7) is 2.87. The number of aryl methyl sites for hydroxylation is 2. The largest absolute Gasteiger partial charge is 0.493 e. The third-order valence-electron chi connectivity index (χ3n) is 5.32. The molecule has 9 nitrogen and oxygen atoms in total. The lowest BCUT2D eigenvalue weighted by Gasteiger charge is -2.18. The molecular weight excluding hydrogens is 436 g/mol. The second-order valence-corrected chi connectivity index (χ2v) is 7.74. The molecule has 0 radical (unpaired) electrons. The number of H-pyrrole nitrogens is 1. The highest BCUT2D eigenvalue weighted by Gasteiger charge is 2.19. The summed E-state index contributed by atoms with van der Waals surface area (Å²) in [7, 11) is 3.27. The molecule has 11 heteroatoms.